The van der Waals surface area contributed by atoms with Crippen molar-refractivity contribution in [1.29, 1.82) is 0 Å². The molecule has 3 atom stereocenters. The van der Waals surface area contributed by atoms with Crippen molar-refractivity contribution in [3.8, 4) is 11.5 Å². The van der Waals surface area contributed by atoms with Gasteiger partial charge in [0.15, 0.2) is 5.60 Å². The van der Waals surface area contributed by atoms with Crippen molar-refractivity contribution in [2.75, 3.05) is 16.8 Å². The number of carbonyl (C=O) groups excluding carboxylic acids is 1. The lowest BCUT2D eigenvalue weighted by Crippen LogP contribution is -2.33. The summed E-state index contributed by atoms with van der Waals surface area (Å²) in [5, 5.41) is 3.55. The number of anilines is 3. The van der Waals surface area contributed by atoms with E-state index in [1.807, 2.05) is 54.6 Å². The Kier molecular flexibility index (Phi) is 5.85. The van der Waals surface area contributed by atoms with Crippen LogP contribution < -0.4 is 15.0 Å². The van der Waals surface area contributed by atoms with Crippen molar-refractivity contribution in [3.05, 3.63) is 113 Å². The number of ether oxygens (including phenoxy) is 2. The molecule has 4 aromatic carbocycles. The summed E-state index contributed by atoms with van der Waals surface area (Å²) >= 11 is 0. The van der Waals surface area contributed by atoms with Crippen LogP contribution >= 0.6 is 0 Å². The van der Waals surface area contributed by atoms with Crippen LogP contribution in [0.25, 0.3) is 0 Å². The van der Waals surface area contributed by atoms with Gasteiger partial charge in [-0.3, -0.25) is 0 Å². The zero-order valence-electron chi connectivity index (χ0n) is 23.2. The molecule has 0 amide bonds. The van der Waals surface area contributed by atoms with Gasteiger partial charge in [-0.15, -0.1) is 0 Å². The normalized spacial score (nSPS) is 22.4. The first kappa shape index (κ1) is 24.8. The number of para-hydroxylation sites is 1. The lowest BCUT2D eigenvalue weighted by atomic mass is 9.77. The van der Waals surface area contributed by atoms with E-state index in [9.17, 15) is 4.79 Å². The first-order valence-corrected chi connectivity index (χ1v) is 14.4. The average Bonchev–Trinajstić information content (AvgIpc) is 3.47. The average molecular weight is 531 g/mol. The molecule has 202 valence electrons. The molecule has 0 aliphatic carbocycles. The van der Waals surface area contributed by atoms with Gasteiger partial charge in [-0.25, -0.2) is 4.79 Å². The van der Waals surface area contributed by atoms with Crippen LogP contribution in [-0.4, -0.2) is 18.6 Å². The summed E-state index contributed by atoms with van der Waals surface area (Å²) in [4.78, 5) is 15.8. The summed E-state index contributed by atoms with van der Waals surface area (Å²) in [7, 11) is 0. The summed E-state index contributed by atoms with van der Waals surface area (Å²) in [5.74, 6) is 1.85. The molecular formula is C35H34N2O3. The number of aryl methyl sites for hydroxylation is 1. The second kappa shape index (κ2) is 9.44. The third-order valence-electron chi connectivity index (χ3n) is 8.79. The van der Waals surface area contributed by atoms with Crippen molar-refractivity contribution in [1.82, 2.24) is 0 Å². The maximum Gasteiger partial charge on any atom is 0.340 e. The highest BCUT2D eigenvalue weighted by Gasteiger charge is 2.53. The van der Waals surface area contributed by atoms with Crippen molar-refractivity contribution < 1.29 is 14.3 Å². The fourth-order valence-corrected chi connectivity index (χ4v) is 6.92. The molecule has 1 saturated heterocycles. The van der Waals surface area contributed by atoms with Crippen LogP contribution in [0, 0.1) is 12.8 Å². The standard InChI is InChI=1S/C35H34N2O3/c1-4-10-24-18-23(3)37(21-24)26-15-16-29-33(19-26)39-32-17-22(2)31(36-25-11-6-5-7-12-25)20-30(32)35(29)28-14-9-8-13-27(28)34(38)40-35/h5-9,11-17,19-20,23-24,36H,4,10,18,21H2,1-3H3. The molecule has 1 spiro atoms. The van der Waals surface area contributed by atoms with Gasteiger partial charge in [0, 0.05) is 52.4 Å². The van der Waals surface area contributed by atoms with E-state index in [1.54, 1.807) is 0 Å². The summed E-state index contributed by atoms with van der Waals surface area (Å²) < 4.78 is 13.1. The molecule has 0 aromatic heterocycles. The quantitative estimate of drug-likeness (QED) is 0.263. The van der Waals surface area contributed by atoms with Crippen LogP contribution in [0.3, 0.4) is 0 Å². The van der Waals surface area contributed by atoms with Gasteiger partial charge >= 0.3 is 5.97 Å². The molecule has 1 N–H and O–H groups in total. The number of hydrogen-bond donors (Lipinski definition) is 1. The van der Waals surface area contributed by atoms with Gasteiger partial charge in [0.1, 0.15) is 11.5 Å². The molecule has 3 aliphatic rings. The van der Waals surface area contributed by atoms with E-state index in [-0.39, 0.29) is 5.97 Å². The van der Waals surface area contributed by atoms with Crippen LogP contribution in [0.1, 0.15) is 65.7 Å². The predicted molar refractivity (Wildman–Crippen MR) is 159 cm³/mol. The molecular weight excluding hydrogens is 496 g/mol. The Labute approximate surface area is 235 Å². The third-order valence-corrected chi connectivity index (χ3v) is 8.79. The minimum absolute atomic E-state index is 0.313. The Morgan fingerprint density at radius 1 is 0.925 bits per heavy atom. The monoisotopic (exact) mass is 530 g/mol. The molecule has 0 saturated carbocycles. The maximum absolute atomic E-state index is 13.3. The molecule has 40 heavy (non-hydrogen) atoms. The predicted octanol–water partition coefficient (Wildman–Crippen LogP) is 8.32. The Morgan fingerprint density at radius 2 is 1.70 bits per heavy atom. The molecule has 5 heteroatoms. The van der Waals surface area contributed by atoms with Gasteiger partial charge in [-0.1, -0.05) is 49.7 Å². The fraction of sp³-hybridized carbons (Fsp3) is 0.286. The van der Waals surface area contributed by atoms with E-state index in [2.05, 4.69) is 61.3 Å². The van der Waals surface area contributed by atoms with Crippen molar-refractivity contribution >= 4 is 23.0 Å². The van der Waals surface area contributed by atoms with E-state index in [1.165, 1.54) is 19.3 Å². The number of hydrogen-bond acceptors (Lipinski definition) is 5. The van der Waals surface area contributed by atoms with Crippen LogP contribution in [-0.2, 0) is 10.3 Å². The van der Waals surface area contributed by atoms with Crippen LogP contribution in [0.2, 0.25) is 0 Å². The second-order valence-electron chi connectivity index (χ2n) is 11.4. The Hall–Kier alpha value is -4.25. The molecule has 1 fully saturated rings. The smallest absolute Gasteiger partial charge is 0.340 e. The summed E-state index contributed by atoms with van der Waals surface area (Å²) in [6, 6.07) is 28.9. The van der Waals surface area contributed by atoms with Crippen molar-refractivity contribution in [2.45, 2.75) is 51.7 Å². The van der Waals surface area contributed by atoms with Crippen LogP contribution in [0.15, 0.2) is 84.9 Å². The van der Waals surface area contributed by atoms with Gasteiger partial charge in [0.2, 0.25) is 0 Å². The molecule has 0 bridgehead atoms. The number of esters is 1. The number of nitrogens with one attached hydrogen (secondary N) is 1. The summed E-state index contributed by atoms with van der Waals surface area (Å²) in [6.45, 7) is 7.70. The van der Waals surface area contributed by atoms with Gasteiger partial charge in [0.05, 0.1) is 5.56 Å². The highest BCUT2D eigenvalue weighted by atomic mass is 16.6. The highest BCUT2D eigenvalue weighted by molar-refractivity contribution is 5.97. The van der Waals surface area contributed by atoms with E-state index < -0.39 is 5.60 Å². The highest BCUT2D eigenvalue weighted by Crippen LogP contribution is 2.57. The van der Waals surface area contributed by atoms with Crippen molar-refractivity contribution in [2.24, 2.45) is 5.92 Å². The van der Waals surface area contributed by atoms with E-state index in [0.717, 1.165) is 51.6 Å². The van der Waals surface area contributed by atoms with Gasteiger partial charge in [-0.05, 0) is 80.6 Å². The number of benzene rings is 4. The lowest BCUT2D eigenvalue weighted by molar-refractivity contribution is 0.0224. The Bertz CT molecular complexity index is 1610. The number of fused-ring (bicyclic) bond motifs is 6. The number of carbonyl (C=O) groups is 1. The van der Waals surface area contributed by atoms with Crippen LogP contribution in [0.5, 0.6) is 11.5 Å². The van der Waals surface area contributed by atoms with E-state index in [0.29, 0.717) is 23.3 Å². The minimum Gasteiger partial charge on any atom is -0.456 e. The summed E-state index contributed by atoms with van der Waals surface area (Å²) in [6.07, 6.45) is 3.67. The third kappa shape index (κ3) is 3.79. The first-order valence-electron chi connectivity index (χ1n) is 14.4. The zero-order valence-corrected chi connectivity index (χ0v) is 23.2. The molecule has 0 radical (unpaired) electrons. The fourth-order valence-electron chi connectivity index (χ4n) is 6.92. The first-order chi connectivity index (χ1) is 19.5. The molecule has 7 rings (SSSR count). The minimum atomic E-state index is -1.09. The van der Waals surface area contributed by atoms with Crippen LogP contribution in [0.4, 0.5) is 17.1 Å². The molecule has 3 aliphatic heterocycles. The van der Waals surface area contributed by atoms with E-state index >= 15 is 0 Å². The van der Waals surface area contributed by atoms with E-state index in [4.69, 9.17) is 9.47 Å². The SMILES string of the molecule is CCCC1CC(C)N(c2ccc3c(c2)Oc2cc(C)c(Nc4ccccc4)cc2C32OC(=O)c3ccccc32)C1. The second-order valence-corrected chi connectivity index (χ2v) is 11.4. The zero-order chi connectivity index (χ0) is 27.4. The van der Waals surface area contributed by atoms with Crippen molar-refractivity contribution in [3.63, 3.8) is 0 Å². The largest absolute Gasteiger partial charge is 0.456 e. The molecule has 3 unspecified atom stereocenters. The molecule has 3 heterocycles. The Balaban J connectivity index is 1.38. The topological polar surface area (TPSA) is 50.8 Å². The van der Waals surface area contributed by atoms with Gasteiger partial charge < -0.3 is 19.7 Å². The summed E-state index contributed by atoms with van der Waals surface area (Å²) in [5.41, 5.74) is 6.18. The number of rotatable bonds is 5. The molecule has 4 aromatic rings. The maximum atomic E-state index is 13.3. The number of nitrogens with zero attached hydrogens (tertiary/aromatic N) is 1. The van der Waals surface area contributed by atoms with Gasteiger partial charge in [-0.2, -0.15) is 0 Å². The Morgan fingerprint density at radius 3 is 2.52 bits per heavy atom. The lowest BCUT2D eigenvalue weighted by Gasteiger charge is -2.38. The molecule has 5 nitrogen and oxygen atoms in total. The van der Waals surface area contributed by atoms with Gasteiger partial charge in [0.25, 0.3) is 0 Å².